The summed E-state index contributed by atoms with van der Waals surface area (Å²) in [7, 11) is 0. The average molecular weight is 275 g/mol. The highest BCUT2D eigenvalue weighted by molar-refractivity contribution is 5.84. The van der Waals surface area contributed by atoms with Crippen LogP contribution in [-0.2, 0) is 6.54 Å². The number of aromatic amines is 1. The fraction of sp³-hybridized carbons (Fsp3) is 0.308. The van der Waals surface area contributed by atoms with E-state index in [0.717, 1.165) is 12.8 Å². The molecule has 0 saturated heterocycles. The summed E-state index contributed by atoms with van der Waals surface area (Å²) in [6, 6.07) is 4.33. The Morgan fingerprint density at radius 3 is 2.95 bits per heavy atom. The van der Waals surface area contributed by atoms with Gasteiger partial charge in [0.05, 0.1) is 6.54 Å². The van der Waals surface area contributed by atoms with Gasteiger partial charge in [-0.15, -0.1) is 0 Å². The van der Waals surface area contributed by atoms with Crippen LogP contribution in [0, 0.1) is 0 Å². The number of hydrogen-bond donors (Lipinski definition) is 3. The summed E-state index contributed by atoms with van der Waals surface area (Å²) >= 11 is 0. The number of nitrogens with one attached hydrogen (secondary N) is 2. The molecule has 0 amide bonds. The molecule has 3 N–H and O–H groups in total. The van der Waals surface area contributed by atoms with Crippen LogP contribution in [0.5, 0.6) is 0 Å². The number of aromatic nitrogens is 2. The first-order valence-electron chi connectivity index (χ1n) is 6.29. The number of anilines is 1. The SMILES string of the molecule is O=C(O)c1ccc(CNc2cc(=O)[nH]c(C3CC3)n2)o1. The van der Waals surface area contributed by atoms with Crippen molar-refractivity contribution < 1.29 is 14.3 Å². The summed E-state index contributed by atoms with van der Waals surface area (Å²) in [6.07, 6.45) is 2.10. The smallest absolute Gasteiger partial charge is 0.371 e. The van der Waals surface area contributed by atoms with E-state index in [-0.39, 0.29) is 17.9 Å². The third-order valence-corrected chi connectivity index (χ3v) is 3.04. The van der Waals surface area contributed by atoms with E-state index in [1.807, 2.05) is 0 Å². The Labute approximate surface area is 113 Å². The molecule has 0 aromatic carbocycles. The number of aromatic carboxylic acids is 1. The van der Waals surface area contributed by atoms with Gasteiger partial charge in [-0.2, -0.15) is 0 Å². The molecular formula is C13H13N3O4. The van der Waals surface area contributed by atoms with Gasteiger partial charge in [-0.25, -0.2) is 9.78 Å². The van der Waals surface area contributed by atoms with Gasteiger partial charge < -0.3 is 19.8 Å². The van der Waals surface area contributed by atoms with Gasteiger partial charge in [-0.05, 0) is 25.0 Å². The van der Waals surface area contributed by atoms with E-state index in [1.165, 1.54) is 12.1 Å². The van der Waals surface area contributed by atoms with Crippen LogP contribution in [0.1, 0.15) is 40.9 Å². The zero-order chi connectivity index (χ0) is 14.1. The van der Waals surface area contributed by atoms with Gasteiger partial charge in [0.15, 0.2) is 0 Å². The number of carboxylic acid groups (broad SMARTS) is 1. The van der Waals surface area contributed by atoms with Crippen molar-refractivity contribution in [3.63, 3.8) is 0 Å². The number of nitrogens with zero attached hydrogens (tertiary/aromatic N) is 1. The van der Waals surface area contributed by atoms with Crippen LogP contribution < -0.4 is 10.9 Å². The Hall–Kier alpha value is -2.57. The lowest BCUT2D eigenvalue weighted by molar-refractivity contribution is 0.0660. The molecule has 3 rings (SSSR count). The van der Waals surface area contributed by atoms with Gasteiger partial charge in [0.1, 0.15) is 17.4 Å². The maximum absolute atomic E-state index is 11.5. The molecule has 2 heterocycles. The molecule has 1 aliphatic carbocycles. The molecule has 1 fully saturated rings. The Balaban J connectivity index is 1.71. The second kappa shape index (κ2) is 4.84. The maximum Gasteiger partial charge on any atom is 0.371 e. The van der Waals surface area contributed by atoms with Crippen molar-refractivity contribution in [1.29, 1.82) is 0 Å². The van der Waals surface area contributed by atoms with Gasteiger partial charge in [0.25, 0.3) is 5.56 Å². The van der Waals surface area contributed by atoms with Crippen LogP contribution in [-0.4, -0.2) is 21.0 Å². The van der Waals surface area contributed by atoms with Crippen molar-refractivity contribution in [2.45, 2.75) is 25.3 Å². The lowest BCUT2D eigenvalue weighted by Gasteiger charge is -2.05. The Kier molecular flexibility index (Phi) is 3.02. The minimum Gasteiger partial charge on any atom is -0.475 e. The van der Waals surface area contributed by atoms with Gasteiger partial charge >= 0.3 is 5.97 Å². The largest absolute Gasteiger partial charge is 0.475 e. The minimum atomic E-state index is -1.11. The van der Waals surface area contributed by atoms with Crippen molar-refractivity contribution in [2.75, 3.05) is 5.32 Å². The lowest BCUT2D eigenvalue weighted by Crippen LogP contribution is -2.13. The molecule has 0 bridgehead atoms. The molecule has 1 saturated carbocycles. The van der Waals surface area contributed by atoms with Crippen LogP contribution in [0.3, 0.4) is 0 Å². The monoisotopic (exact) mass is 275 g/mol. The van der Waals surface area contributed by atoms with Crippen LogP contribution >= 0.6 is 0 Å². The lowest BCUT2D eigenvalue weighted by atomic mass is 10.4. The minimum absolute atomic E-state index is 0.112. The summed E-state index contributed by atoms with van der Waals surface area (Å²) in [4.78, 5) is 29.2. The zero-order valence-corrected chi connectivity index (χ0v) is 10.5. The predicted octanol–water partition coefficient (Wildman–Crippen LogP) is 1.55. The van der Waals surface area contributed by atoms with Crippen molar-refractivity contribution >= 4 is 11.8 Å². The van der Waals surface area contributed by atoms with Crippen LogP contribution in [0.25, 0.3) is 0 Å². The standard InChI is InChI=1S/C13H13N3O4/c17-11-5-10(15-12(16-11)7-1-2-7)14-6-8-3-4-9(20-8)13(18)19/h3-5,7H,1-2,6H2,(H,18,19)(H2,14,15,16,17). The highest BCUT2D eigenvalue weighted by Gasteiger charge is 2.26. The molecule has 7 nitrogen and oxygen atoms in total. The van der Waals surface area contributed by atoms with Gasteiger partial charge in [-0.3, -0.25) is 4.79 Å². The molecule has 0 spiro atoms. The van der Waals surface area contributed by atoms with Gasteiger partial charge in [0.2, 0.25) is 5.76 Å². The fourth-order valence-corrected chi connectivity index (χ4v) is 1.88. The molecule has 2 aromatic rings. The normalized spacial score (nSPS) is 14.2. The molecule has 0 unspecified atom stereocenters. The molecule has 20 heavy (non-hydrogen) atoms. The second-order valence-corrected chi connectivity index (χ2v) is 4.71. The van der Waals surface area contributed by atoms with Crippen molar-refractivity contribution in [2.24, 2.45) is 0 Å². The average Bonchev–Trinajstić information content (AvgIpc) is 3.14. The first-order chi connectivity index (χ1) is 9.61. The molecule has 2 aromatic heterocycles. The number of carboxylic acids is 1. The molecule has 0 aliphatic heterocycles. The highest BCUT2D eigenvalue weighted by atomic mass is 16.4. The quantitative estimate of drug-likeness (QED) is 0.764. The third kappa shape index (κ3) is 2.71. The Bertz CT molecular complexity index is 700. The van der Waals surface area contributed by atoms with E-state index in [4.69, 9.17) is 9.52 Å². The van der Waals surface area contributed by atoms with E-state index in [1.54, 1.807) is 6.07 Å². The van der Waals surface area contributed by atoms with Crippen LogP contribution in [0.15, 0.2) is 27.4 Å². The number of carbonyl (C=O) groups is 1. The van der Waals surface area contributed by atoms with Gasteiger partial charge in [0, 0.05) is 12.0 Å². The number of H-pyrrole nitrogens is 1. The third-order valence-electron chi connectivity index (χ3n) is 3.04. The molecule has 0 atom stereocenters. The number of hydrogen-bond acceptors (Lipinski definition) is 5. The summed E-state index contributed by atoms with van der Waals surface area (Å²) in [6.45, 7) is 0.272. The highest BCUT2D eigenvalue weighted by Crippen LogP contribution is 2.37. The Morgan fingerprint density at radius 1 is 1.50 bits per heavy atom. The summed E-state index contributed by atoms with van der Waals surface area (Å²) in [5.74, 6) is 0.764. The van der Waals surface area contributed by atoms with E-state index in [0.29, 0.717) is 23.3 Å². The summed E-state index contributed by atoms with van der Waals surface area (Å²) < 4.78 is 5.11. The van der Waals surface area contributed by atoms with Crippen molar-refractivity contribution in [1.82, 2.24) is 9.97 Å². The van der Waals surface area contributed by atoms with E-state index < -0.39 is 5.97 Å². The van der Waals surface area contributed by atoms with Crippen molar-refractivity contribution in [3.05, 3.63) is 45.9 Å². The fourth-order valence-electron chi connectivity index (χ4n) is 1.88. The van der Waals surface area contributed by atoms with Crippen LogP contribution in [0.2, 0.25) is 0 Å². The first kappa shape index (κ1) is 12.5. The van der Waals surface area contributed by atoms with Crippen LogP contribution in [0.4, 0.5) is 5.82 Å². The topological polar surface area (TPSA) is 108 Å². The maximum atomic E-state index is 11.5. The summed E-state index contributed by atoms with van der Waals surface area (Å²) in [5, 5.41) is 11.7. The molecular weight excluding hydrogens is 262 g/mol. The van der Waals surface area contributed by atoms with Gasteiger partial charge in [-0.1, -0.05) is 0 Å². The second-order valence-electron chi connectivity index (χ2n) is 4.71. The van der Waals surface area contributed by atoms with Crippen molar-refractivity contribution in [3.8, 4) is 0 Å². The van der Waals surface area contributed by atoms with E-state index >= 15 is 0 Å². The number of furan rings is 1. The molecule has 1 aliphatic rings. The molecule has 7 heteroatoms. The van der Waals surface area contributed by atoms with E-state index in [9.17, 15) is 9.59 Å². The zero-order valence-electron chi connectivity index (χ0n) is 10.5. The first-order valence-corrected chi connectivity index (χ1v) is 6.29. The number of rotatable bonds is 5. The summed E-state index contributed by atoms with van der Waals surface area (Å²) in [5.41, 5.74) is -0.199. The predicted molar refractivity (Wildman–Crippen MR) is 69.8 cm³/mol. The van der Waals surface area contributed by atoms with E-state index in [2.05, 4.69) is 15.3 Å². The Morgan fingerprint density at radius 2 is 2.30 bits per heavy atom. The molecule has 104 valence electrons. The molecule has 0 radical (unpaired) electrons.